The first-order chi connectivity index (χ1) is 32.5. The van der Waals surface area contributed by atoms with E-state index < -0.39 is 5.41 Å². The lowest BCUT2D eigenvalue weighted by molar-refractivity contribution is 0.660. The van der Waals surface area contributed by atoms with Crippen LogP contribution in [0.2, 0.25) is 0 Å². The highest BCUT2D eigenvalue weighted by molar-refractivity contribution is 7.25. The van der Waals surface area contributed by atoms with Crippen LogP contribution in [0.4, 0.5) is 17.1 Å². The molecule has 11 aromatic rings. The number of rotatable bonds is 4. The SMILES string of the molecule is CC1(C)c2ccccc2-c2ccc(N(c3ccc(-c4ccccc4)cc3)c3ccc4c(c3)C3(c5ccccc5-c5ccccc5-4)c4ccccc4-c4cc5c(cc43)sc3ccccc35)cc21. The van der Waals surface area contributed by atoms with Crippen LogP contribution in [0.15, 0.2) is 224 Å². The highest BCUT2D eigenvalue weighted by Crippen LogP contribution is 2.63. The number of hydrogen-bond donors (Lipinski definition) is 0. The van der Waals surface area contributed by atoms with Gasteiger partial charge in [-0.05, 0) is 144 Å². The Kier molecular flexibility index (Phi) is 7.89. The fourth-order valence-electron chi connectivity index (χ4n) is 12.1. The Bertz CT molecular complexity index is 3800. The average molecular weight is 858 g/mol. The molecule has 0 aliphatic heterocycles. The minimum absolute atomic E-state index is 0.148. The summed E-state index contributed by atoms with van der Waals surface area (Å²) >= 11 is 1.91. The van der Waals surface area contributed by atoms with E-state index in [0.29, 0.717) is 0 Å². The van der Waals surface area contributed by atoms with Crippen molar-refractivity contribution in [2.45, 2.75) is 24.7 Å². The van der Waals surface area contributed by atoms with Gasteiger partial charge in [0.2, 0.25) is 0 Å². The molecule has 14 rings (SSSR count). The molecule has 1 aromatic heterocycles. The van der Waals surface area contributed by atoms with E-state index in [4.69, 9.17) is 0 Å². The number of benzene rings is 10. The largest absolute Gasteiger partial charge is 0.310 e. The van der Waals surface area contributed by atoms with Gasteiger partial charge in [-0.25, -0.2) is 0 Å². The van der Waals surface area contributed by atoms with Crippen LogP contribution in [0.1, 0.15) is 47.2 Å². The summed E-state index contributed by atoms with van der Waals surface area (Å²) in [4.78, 5) is 2.50. The van der Waals surface area contributed by atoms with Gasteiger partial charge in [-0.15, -0.1) is 11.3 Å². The molecule has 66 heavy (non-hydrogen) atoms. The lowest BCUT2D eigenvalue weighted by Crippen LogP contribution is -2.29. The Morgan fingerprint density at radius 1 is 0.303 bits per heavy atom. The lowest BCUT2D eigenvalue weighted by atomic mass is 9.65. The highest BCUT2D eigenvalue weighted by Gasteiger charge is 2.50. The summed E-state index contributed by atoms with van der Waals surface area (Å²) in [6.07, 6.45) is 0. The quantitative estimate of drug-likeness (QED) is 0.170. The number of anilines is 3. The maximum Gasteiger partial charge on any atom is 0.0726 e. The van der Waals surface area contributed by atoms with E-state index in [-0.39, 0.29) is 5.41 Å². The Morgan fingerprint density at radius 3 is 1.45 bits per heavy atom. The molecule has 1 spiro atoms. The third-order valence-corrected chi connectivity index (χ3v) is 16.2. The van der Waals surface area contributed by atoms with E-state index >= 15 is 0 Å². The second-order valence-corrected chi connectivity index (χ2v) is 19.8. The standard InChI is InChI=1S/C64H43NS/c1-63(2)55-24-12-8-21-48(55)51-35-33-43(36-58(51)63)65(42-30-28-41(29-31-42)40-16-4-3-5-17-40)44-32-34-50-46-19-7-6-18-45(46)47-20-9-13-25-56(47)64(59(50)37-44)57-26-14-10-22-49(57)53-38-54-52-23-11-15-27-61(52)66-62(54)39-60(53)64/h3-39H,1-2H3. The first kappa shape index (κ1) is 37.6. The second kappa shape index (κ2) is 13.9. The van der Waals surface area contributed by atoms with Gasteiger partial charge < -0.3 is 4.90 Å². The van der Waals surface area contributed by atoms with Crippen molar-refractivity contribution in [3.63, 3.8) is 0 Å². The van der Waals surface area contributed by atoms with Gasteiger partial charge in [-0.3, -0.25) is 0 Å². The third kappa shape index (κ3) is 5.11. The van der Waals surface area contributed by atoms with E-state index in [1.54, 1.807) is 0 Å². The van der Waals surface area contributed by atoms with Gasteiger partial charge in [0.05, 0.1) is 5.41 Å². The van der Waals surface area contributed by atoms with Crippen LogP contribution in [-0.4, -0.2) is 0 Å². The molecule has 10 aromatic carbocycles. The molecule has 0 bridgehead atoms. The summed E-state index contributed by atoms with van der Waals surface area (Å²) in [7, 11) is 0. The maximum atomic E-state index is 2.55. The van der Waals surface area contributed by atoms with Crippen LogP contribution in [0.25, 0.3) is 75.8 Å². The van der Waals surface area contributed by atoms with Crippen molar-refractivity contribution in [1.29, 1.82) is 0 Å². The maximum absolute atomic E-state index is 2.55. The van der Waals surface area contributed by atoms with E-state index in [1.165, 1.54) is 109 Å². The lowest BCUT2D eigenvalue weighted by Gasteiger charge is -2.36. The van der Waals surface area contributed by atoms with Gasteiger partial charge in [0.25, 0.3) is 0 Å². The predicted octanol–water partition coefficient (Wildman–Crippen LogP) is 17.5. The zero-order chi connectivity index (χ0) is 43.7. The van der Waals surface area contributed by atoms with Crippen molar-refractivity contribution in [3.05, 3.63) is 258 Å². The van der Waals surface area contributed by atoms with E-state index in [2.05, 4.69) is 243 Å². The van der Waals surface area contributed by atoms with E-state index in [9.17, 15) is 0 Å². The summed E-state index contributed by atoms with van der Waals surface area (Å²) in [5, 5.41) is 2.65. The van der Waals surface area contributed by atoms with Crippen LogP contribution in [0, 0.1) is 0 Å². The molecule has 3 aliphatic rings. The van der Waals surface area contributed by atoms with Gasteiger partial charge in [0, 0.05) is 42.6 Å². The molecule has 0 saturated heterocycles. The third-order valence-electron chi connectivity index (χ3n) is 15.1. The van der Waals surface area contributed by atoms with Gasteiger partial charge in [-0.1, -0.05) is 184 Å². The van der Waals surface area contributed by atoms with Crippen LogP contribution in [-0.2, 0) is 10.8 Å². The Balaban J connectivity index is 1.07. The van der Waals surface area contributed by atoms with Crippen molar-refractivity contribution in [3.8, 4) is 55.6 Å². The van der Waals surface area contributed by atoms with Crippen LogP contribution in [0.5, 0.6) is 0 Å². The highest BCUT2D eigenvalue weighted by atomic mass is 32.1. The molecular weight excluding hydrogens is 815 g/mol. The van der Waals surface area contributed by atoms with Gasteiger partial charge in [0.1, 0.15) is 0 Å². The van der Waals surface area contributed by atoms with Crippen LogP contribution in [0.3, 0.4) is 0 Å². The summed E-state index contributed by atoms with van der Waals surface area (Å²) in [5.74, 6) is 0. The molecule has 1 atom stereocenters. The monoisotopic (exact) mass is 857 g/mol. The van der Waals surface area contributed by atoms with Gasteiger partial charge >= 0.3 is 0 Å². The van der Waals surface area contributed by atoms with Crippen LogP contribution < -0.4 is 4.90 Å². The molecule has 1 heterocycles. The smallest absolute Gasteiger partial charge is 0.0726 e. The molecule has 0 amide bonds. The summed E-state index contributed by atoms with van der Waals surface area (Å²) in [6.45, 7) is 4.76. The second-order valence-electron chi connectivity index (χ2n) is 18.8. The molecular formula is C64H43NS. The molecule has 0 fully saturated rings. The van der Waals surface area contributed by atoms with Crippen LogP contribution >= 0.6 is 11.3 Å². The summed E-state index contributed by atoms with van der Waals surface area (Å²) < 4.78 is 2.64. The summed E-state index contributed by atoms with van der Waals surface area (Å²) in [5.41, 5.74) is 23.4. The molecule has 3 aliphatic carbocycles. The topological polar surface area (TPSA) is 3.24 Å². The van der Waals surface area contributed by atoms with Crippen molar-refractivity contribution in [2.24, 2.45) is 0 Å². The predicted molar refractivity (Wildman–Crippen MR) is 279 cm³/mol. The number of nitrogens with zero attached hydrogens (tertiary/aromatic N) is 1. The van der Waals surface area contributed by atoms with Gasteiger partial charge in [-0.2, -0.15) is 0 Å². The molecule has 0 radical (unpaired) electrons. The van der Waals surface area contributed by atoms with Crippen molar-refractivity contribution in [2.75, 3.05) is 4.90 Å². The summed E-state index contributed by atoms with van der Waals surface area (Å²) in [6, 6.07) is 84.8. The molecule has 0 N–H and O–H groups in total. The van der Waals surface area contributed by atoms with Crippen molar-refractivity contribution in [1.82, 2.24) is 0 Å². The minimum Gasteiger partial charge on any atom is -0.310 e. The Labute approximate surface area is 389 Å². The first-order valence-corrected chi connectivity index (χ1v) is 23.9. The fraction of sp³-hybridized carbons (Fsp3) is 0.0625. The first-order valence-electron chi connectivity index (χ1n) is 23.1. The number of hydrogen-bond acceptors (Lipinski definition) is 2. The number of thiophene rings is 1. The normalized spacial score (nSPS) is 15.6. The zero-order valence-corrected chi connectivity index (χ0v) is 37.5. The molecule has 310 valence electrons. The molecule has 1 nitrogen and oxygen atoms in total. The average Bonchev–Trinajstić information content (AvgIpc) is 3.93. The van der Waals surface area contributed by atoms with Crippen molar-refractivity contribution < 1.29 is 0 Å². The fourth-order valence-corrected chi connectivity index (χ4v) is 13.3. The van der Waals surface area contributed by atoms with E-state index in [1.807, 2.05) is 11.3 Å². The zero-order valence-electron chi connectivity index (χ0n) is 36.7. The van der Waals surface area contributed by atoms with E-state index in [0.717, 1.165) is 17.1 Å². The molecule has 2 heteroatoms. The van der Waals surface area contributed by atoms with Gasteiger partial charge in [0.15, 0.2) is 0 Å². The minimum atomic E-state index is -0.623. The Hall–Kier alpha value is -7.78. The Morgan fingerprint density at radius 2 is 0.773 bits per heavy atom. The van der Waals surface area contributed by atoms with Crippen molar-refractivity contribution >= 4 is 48.6 Å². The molecule has 0 saturated carbocycles. The number of fused-ring (bicyclic) bond motifs is 18. The molecule has 1 unspecified atom stereocenters.